The third-order valence-corrected chi connectivity index (χ3v) is 5.57. The van der Waals surface area contributed by atoms with E-state index < -0.39 is 29.3 Å². The van der Waals surface area contributed by atoms with Crippen LogP contribution in [0.15, 0.2) is 24.4 Å². The Kier molecular flexibility index (Phi) is 8.49. The van der Waals surface area contributed by atoms with Crippen molar-refractivity contribution in [2.45, 2.75) is 59.1 Å². The molecule has 0 N–H and O–H groups in total. The van der Waals surface area contributed by atoms with Crippen LogP contribution in [0.5, 0.6) is 17.4 Å². The number of amides is 1. The number of pyridine rings is 1. The lowest BCUT2D eigenvalue weighted by atomic mass is 10.1. The van der Waals surface area contributed by atoms with Gasteiger partial charge in [-0.1, -0.05) is 37.0 Å². The molecule has 0 aliphatic carbocycles. The highest BCUT2D eigenvalue weighted by atomic mass is 35.5. The van der Waals surface area contributed by atoms with Gasteiger partial charge in [0.25, 0.3) is 5.91 Å². The first-order valence-corrected chi connectivity index (χ1v) is 12.1. The lowest BCUT2D eigenvalue weighted by Crippen LogP contribution is -2.43. The number of halogens is 3. The number of likely N-dealkylation sites (tertiary alicyclic amines) is 1. The summed E-state index contributed by atoms with van der Waals surface area (Å²) in [4.78, 5) is 31.1. The first-order valence-electron chi connectivity index (χ1n) is 11.3. The van der Waals surface area contributed by atoms with E-state index in [1.165, 1.54) is 23.2 Å². The van der Waals surface area contributed by atoms with Gasteiger partial charge < -0.3 is 19.1 Å². The Labute approximate surface area is 214 Å². The monoisotopic (exact) mass is 526 g/mol. The van der Waals surface area contributed by atoms with Crippen molar-refractivity contribution in [3.63, 3.8) is 0 Å². The van der Waals surface area contributed by atoms with E-state index in [9.17, 15) is 14.0 Å². The number of rotatable bonds is 7. The molecule has 1 unspecified atom stereocenters. The summed E-state index contributed by atoms with van der Waals surface area (Å²) in [5.41, 5.74) is -0.954. The van der Waals surface area contributed by atoms with Crippen molar-refractivity contribution < 1.29 is 28.2 Å². The topological polar surface area (TPSA) is 78.0 Å². The first kappa shape index (κ1) is 27.0. The Morgan fingerprint density at radius 2 is 1.91 bits per heavy atom. The second-order valence-corrected chi connectivity index (χ2v) is 10.5. The van der Waals surface area contributed by atoms with Crippen molar-refractivity contribution in [2.75, 3.05) is 13.2 Å². The lowest BCUT2D eigenvalue weighted by molar-refractivity contribution is -0.159. The van der Waals surface area contributed by atoms with Crippen molar-refractivity contribution in [1.82, 2.24) is 9.88 Å². The number of benzene rings is 1. The van der Waals surface area contributed by atoms with Crippen molar-refractivity contribution in [3.05, 3.63) is 45.8 Å². The van der Waals surface area contributed by atoms with E-state index in [1.807, 2.05) is 13.8 Å². The molecule has 190 valence electrons. The maximum absolute atomic E-state index is 15.0. The van der Waals surface area contributed by atoms with E-state index in [4.69, 9.17) is 37.4 Å². The maximum Gasteiger partial charge on any atom is 0.329 e. The summed E-state index contributed by atoms with van der Waals surface area (Å²) < 4.78 is 31.6. The van der Waals surface area contributed by atoms with Gasteiger partial charge in [0.1, 0.15) is 34.0 Å². The van der Waals surface area contributed by atoms with E-state index in [0.717, 1.165) is 6.07 Å². The average Bonchev–Trinajstić information content (AvgIpc) is 3.24. The highest BCUT2D eigenvalue weighted by Crippen LogP contribution is 2.35. The molecule has 2 aromatic rings. The van der Waals surface area contributed by atoms with Crippen LogP contribution in [0.25, 0.3) is 0 Å². The van der Waals surface area contributed by atoms with E-state index in [-0.39, 0.29) is 33.0 Å². The minimum absolute atomic E-state index is 0.0130. The van der Waals surface area contributed by atoms with Gasteiger partial charge in [-0.2, -0.15) is 0 Å². The number of ether oxygens (including phenoxy) is 3. The molecule has 1 aromatic carbocycles. The van der Waals surface area contributed by atoms with Crippen LogP contribution in [0.3, 0.4) is 0 Å². The predicted octanol–water partition coefficient (Wildman–Crippen LogP) is 6.30. The molecule has 0 saturated carbocycles. The van der Waals surface area contributed by atoms with Crippen LogP contribution in [-0.4, -0.2) is 46.6 Å². The smallest absolute Gasteiger partial charge is 0.329 e. The summed E-state index contributed by atoms with van der Waals surface area (Å²) in [6.45, 7) is 10.0. The minimum atomic E-state index is -0.833. The van der Waals surface area contributed by atoms with Crippen LogP contribution < -0.4 is 9.47 Å². The highest BCUT2D eigenvalue weighted by molar-refractivity contribution is 6.32. The number of carbonyl (C=O) groups excluding carboxylic acids is 2. The van der Waals surface area contributed by atoms with Gasteiger partial charge in [-0.3, -0.25) is 4.79 Å². The second-order valence-electron chi connectivity index (χ2n) is 9.72. The molecular weight excluding hydrogens is 498 g/mol. The van der Waals surface area contributed by atoms with Crippen LogP contribution >= 0.6 is 23.2 Å². The van der Waals surface area contributed by atoms with Gasteiger partial charge >= 0.3 is 5.97 Å². The fourth-order valence-corrected chi connectivity index (χ4v) is 3.91. The molecule has 2 heterocycles. The molecule has 0 radical (unpaired) electrons. The Bertz CT molecular complexity index is 1100. The van der Waals surface area contributed by atoms with Crippen LogP contribution in [0.1, 0.15) is 57.8 Å². The molecule has 1 aliphatic rings. The number of carbonyl (C=O) groups is 2. The largest absolute Gasteiger partial charge is 0.476 e. The van der Waals surface area contributed by atoms with E-state index >= 15 is 0 Å². The standard InChI is InChI=1S/C25H29Cl2FN2O5/c1-14(2)13-33-22-18(27)9-15(12-29-22)34-21-11-19(28)16(10-17(21)26)23(31)30-8-6-7-20(30)24(32)35-25(3,4)5/h9-12,14,20H,6-8,13H2,1-5H3. The molecule has 1 amide bonds. The van der Waals surface area contributed by atoms with Crippen LogP contribution in [0.4, 0.5) is 4.39 Å². The summed E-state index contributed by atoms with van der Waals surface area (Å²) in [7, 11) is 0. The van der Waals surface area contributed by atoms with E-state index in [2.05, 4.69) is 4.98 Å². The summed E-state index contributed by atoms with van der Waals surface area (Å²) in [5.74, 6) is -1.22. The molecule has 0 spiro atoms. The molecule has 10 heteroatoms. The van der Waals surface area contributed by atoms with Gasteiger partial charge in [0.2, 0.25) is 5.88 Å². The van der Waals surface area contributed by atoms with Crippen LogP contribution in [0.2, 0.25) is 10.0 Å². The van der Waals surface area contributed by atoms with Crippen molar-refractivity contribution >= 4 is 35.1 Å². The van der Waals surface area contributed by atoms with E-state index in [1.54, 1.807) is 20.8 Å². The Morgan fingerprint density at radius 1 is 1.20 bits per heavy atom. The van der Waals surface area contributed by atoms with Crippen molar-refractivity contribution in [3.8, 4) is 17.4 Å². The van der Waals surface area contributed by atoms with Gasteiger partial charge in [0, 0.05) is 18.7 Å². The highest BCUT2D eigenvalue weighted by Gasteiger charge is 2.38. The summed E-state index contributed by atoms with van der Waals surface area (Å²) >= 11 is 12.5. The van der Waals surface area contributed by atoms with Gasteiger partial charge in [0.15, 0.2) is 0 Å². The third-order valence-electron chi connectivity index (χ3n) is 5.01. The second kappa shape index (κ2) is 11.0. The predicted molar refractivity (Wildman–Crippen MR) is 131 cm³/mol. The molecular formula is C25H29Cl2FN2O5. The fraction of sp³-hybridized carbons (Fsp3) is 0.480. The number of hydrogen-bond acceptors (Lipinski definition) is 6. The quantitative estimate of drug-likeness (QED) is 0.394. The number of hydrogen-bond donors (Lipinski definition) is 0. The molecule has 1 fully saturated rings. The average molecular weight is 527 g/mol. The molecule has 1 aliphatic heterocycles. The van der Waals surface area contributed by atoms with Crippen LogP contribution in [0, 0.1) is 11.7 Å². The van der Waals surface area contributed by atoms with Gasteiger partial charge in [-0.15, -0.1) is 0 Å². The normalized spacial score (nSPS) is 15.9. The van der Waals surface area contributed by atoms with E-state index in [0.29, 0.717) is 31.9 Å². The van der Waals surface area contributed by atoms with Crippen molar-refractivity contribution in [1.29, 1.82) is 0 Å². The maximum atomic E-state index is 15.0. The van der Waals surface area contributed by atoms with Gasteiger partial charge in [0.05, 0.1) is 23.4 Å². The Balaban J connectivity index is 1.77. The molecule has 7 nitrogen and oxygen atoms in total. The SMILES string of the molecule is CC(C)COc1ncc(Oc2cc(F)c(C(=O)N3CCCC3C(=O)OC(C)(C)C)cc2Cl)cc1Cl. The lowest BCUT2D eigenvalue weighted by Gasteiger charge is -2.27. The zero-order valence-electron chi connectivity index (χ0n) is 20.4. The molecule has 1 atom stereocenters. The number of nitrogens with zero attached hydrogens (tertiary/aromatic N) is 2. The fourth-order valence-electron chi connectivity index (χ4n) is 3.49. The third kappa shape index (κ3) is 6.98. The van der Waals surface area contributed by atoms with Crippen LogP contribution in [-0.2, 0) is 9.53 Å². The number of esters is 1. The van der Waals surface area contributed by atoms with Gasteiger partial charge in [-0.25, -0.2) is 14.2 Å². The zero-order valence-corrected chi connectivity index (χ0v) is 21.9. The Morgan fingerprint density at radius 3 is 2.54 bits per heavy atom. The van der Waals surface area contributed by atoms with Crippen molar-refractivity contribution in [2.24, 2.45) is 5.92 Å². The molecule has 3 rings (SSSR count). The minimum Gasteiger partial charge on any atom is -0.476 e. The molecule has 0 bridgehead atoms. The molecule has 35 heavy (non-hydrogen) atoms. The summed E-state index contributed by atoms with van der Waals surface area (Å²) in [6, 6.07) is 2.91. The van der Waals surface area contributed by atoms with Gasteiger partial charge in [-0.05, 0) is 45.6 Å². The summed E-state index contributed by atoms with van der Waals surface area (Å²) in [6.07, 6.45) is 2.43. The summed E-state index contributed by atoms with van der Waals surface area (Å²) in [5, 5.41) is 0.243. The first-order chi connectivity index (χ1) is 16.4. The molecule has 1 aromatic heterocycles. The Hall–Kier alpha value is -2.58. The zero-order chi connectivity index (χ0) is 25.9. The number of aromatic nitrogens is 1. The molecule has 1 saturated heterocycles.